The van der Waals surface area contributed by atoms with E-state index in [1.165, 1.54) is 44.4 Å². The molecule has 1 amide bonds. The number of benzene rings is 3. The molecule has 1 saturated heterocycles. The second-order valence-electron chi connectivity index (χ2n) is 9.01. The minimum Gasteiger partial charge on any atom is -0.497 e. The van der Waals surface area contributed by atoms with Crippen molar-refractivity contribution in [3.05, 3.63) is 77.6 Å². The monoisotopic (exact) mass is 581 g/mol. The predicted octanol–water partition coefficient (Wildman–Crippen LogP) is 4.65. The van der Waals surface area contributed by atoms with Crippen molar-refractivity contribution < 1.29 is 40.2 Å². The van der Waals surface area contributed by atoms with E-state index in [2.05, 4.69) is 0 Å². The van der Waals surface area contributed by atoms with Crippen LogP contribution in [0.25, 0.3) is 0 Å². The van der Waals surface area contributed by atoms with E-state index in [4.69, 9.17) is 9.47 Å². The first-order valence-corrected chi connectivity index (χ1v) is 13.5. The Labute approximate surface area is 229 Å². The number of carbonyl (C=O) groups excluding carboxylic acids is 1. The van der Waals surface area contributed by atoms with Gasteiger partial charge in [-0.2, -0.15) is 13.2 Å². The van der Waals surface area contributed by atoms with Crippen LogP contribution in [0.15, 0.2) is 65.6 Å². The smallest absolute Gasteiger partial charge is 0.416 e. The van der Waals surface area contributed by atoms with Gasteiger partial charge in [0.25, 0.3) is 15.9 Å². The molecule has 1 fully saturated rings. The van der Waals surface area contributed by atoms with Crippen molar-refractivity contribution in [2.45, 2.75) is 11.1 Å². The fraction of sp³-hybridized carbons (Fsp3) is 0.296. The summed E-state index contributed by atoms with van der Waals surface area (Å²) < 4.78 is 91.7. The summed E-state index contributed by atoms with van der Waals surface area (Å²) in [6, 6.07) is 12.7. The van der Waals surface area contributed by atoms with Crippen molar-refractivity contribution in [3.63, 3.8) is 0 Å². The van der Waals surface area contributed by atoms with E-state index in [0.29, 0.717) is 35.0 Å². The molecule has 1 heterocycles. The van der Waals surface area contributed by atoms with E-state index in [1.807, 2.05) is 4.90 Å². The van der Waals surface area contributed by atoms with Crippen LogP contribution in [-0.2, 0) is 16.2 Å². The van der Waals surface area contributed by atoms with Gasteiger partial charge in [-0.1, -0.05) is 0 Å². The van der Waals surface area contributed by atoms with E-state index < -0.39 is 39.1 Å². The van der Waals surface area contributed by atoms with E-state index in [9.17, 15) is 30.8 Å². The normalized spacial score (nSPS) is 14.2. The summed E-state index contributed by atoms with van der Waals surface area (Å²) in [5.41, 5.74) is -0.731. The number of hydrogen-bond donors (Lipinski definition) is 0. The number of amides is 1. The lowest BCUT2D eigenvalue weighted by Gasteiger charge is -2.37. The van der Waals surface area contributed by atoms with Crippen LogP contribution in [0.1, 0.15) is 15.9 Å². The highest BCUT2D eigenvalue weighted by Crippen LogP contribution is 2.34. The van der Waals surface area contributed by atoms with Crippen LogP contribution < -0.4 is 18.7 Å². The first-order valence-electron chi connectivity index (χ1n) is 12.1. The Morgan fingerprint density at radius 1 is 0.900 bits per heavy atom. The lowest BCUT2D eigenvalue weighted by Crippen LogP contribution is -2.49. The second-order valence-corrected chi connectivity index (χ2v) is 11.0. The molecule has 214 valence electrons. The van der Waals surface area contributed by atoms with Gasteiger partial charge in [-0.25, -0.2) is 12.8 Å². The van der Waals surface area contributed by atoms with Crippen molar-refractivity contribution in [3.8, 4) is 11.5 Å². The quantitative estimate of drug-likeness (QED) is 0.378. The third-order valence-corrected chi connectivity index (χ3v) is 8.41. The first kappa shape index (κ1) is 29.0. The minimum absolute atomic E-state index is 0.0135. The summed E-state index contributed by atoms with van der Waals surface area (Å²) in [5, 5.41) is 0. The van der Waals surface area contributed by atoms with Crippen LogP contribution >= 0.6 is 0 Å². The van der Waals surface area contributed by atoms with Crippen LogP contribution in [0.5, 0.6) is 11.5 Å². The van der Waals surface area contributed by atoms with Crippen molar-refractivity contribution >= 4 is 27.3 Å². The molecule has 3 aromatic carbocycles. The average Bonchev–Trinajstić information content (AvgIpc) is 2.95. The van der Waals surface area contributed by atoms with Gasteiger partial charge < -0.3 is 19.3 Å². The molecule has 0 N–H and O–H groups in total. The zero-order chi connectivity index (χ0) is 29.2. The fourth-order valence-electron chi connectivity index (χ4n) is 4.38. The maximum absolute atomic E-state index is 13.8. The van der Waals surface area contributed by atoms with Crippen LogP contribution in [0.4, 0.5) is 28.9 Å². The maximum atomic E-state index is 13.8. The topological polar surface area (TPSA) is 79.4 Å². The summed E-state index contributed by atoms with van der Waals surface area (Å²) in [6.45, 7) is 0.702. The van der Waals surface area contributed by atoms with Gasteiger partial charge in [-0.05, 0) is 60.7 Å². The lowest BCUT2D eigenvalue weighted by molar-refractivity contribution is -0.137. The number of alkyl halides is 3. The zero-order valence-electron chi connectivity index (χ0n) is 21.9. The largest absolute Gasteiger partial charge is 0.497 e. The van der Waals surface area contributed by atoms with Crippen molar-refractivity contribution in [1.29, 1.82) is 0 Å². The number of methoxy groups -OCH3 is 2. The standard InChI is InChI=1S/C27H27F4N3O5S/c1-32(21-4-6-22(38-2)7-5-21)40(36,37)23-8-9-25(39-3)24(17-23)33-10-12-34(13-11-33)26(35)18-14-19(27(29,30)31)16-20(28)15-18/h4-9,14-17H,10-13H2,1-3H3. The molecule has 0 atom stereocenters. The van der Waals surface area contributed by atoms with Gasteiger partial charge in [0.05, 0.1) is 36.1 Å². The molecule has 1 aliphatic heterocycles. The van der Waals surface area contributed by atoms with Gasteiger partial charge in [0.2, 0.25) is 0 Å². The van der Waals surface area contributed by atoms with Crippen LogP contribution in [0.2, 0.25) is 0 Å². The highest BCUT2D eigenvalue weighted by molar-refractivity contribution is 7.92. The molecule has 8 nitrogen and oxygen atoms in total. The first-order chi connectivity index (χ1) is 18.8. The number of halogens is 4. The number of nitrogens with zero attached hydrogens (tertiary/aromatic N) is 3. The molecule has 1 aliphatic rings. The molecular weight excluding hydrogens is 554 g/mol. The lowest BCUT2D eigenvalue weighted by atomic mass is 10.1. The van der Waals surface area contributed by atoms with Crippen molar-refractivity contribution in [2.24, 2.45) is 0 Å². The van der Waals surface area contributed by atoms with Crippen molar-refractivity contribution in [1.82, 2.24) is 4.90 Å². The van der Waals surface area contributed by atoms with Crippen LogP contribution in [-0.4, -0.2) is 66.7 Å². The molecule has 0 bridgehead atoms. The van der Waals surface area contributed by atoms with E-state index in [1.54, 1.807) is 24.3 Å². The van der Waals surface area contributed by atoms with Gasteiger partial charge in [0, 0.05) is 38.8 Å². The number of rotatable bonds is 7. The van der Waals surface area contributed by atoms with E-state index >= 15 is 0 Å². The highest BCUT2D eigenvalue weighted by atomic mass is 32.2. The van der Waals surface area contributed by atoms with Crippen LogP contribution in [0.3, 0.4) is 0 Å². The summed E-state index contributed by atoms with van der Waals surface area (Å²) in [6.07, 6.45) is -4.79. The Morgan fingerprint density at radius 3 is 2.12 bits per heavy atom. The Morgan fingerprint density at radius 2 is 1.55 bits per heavy atom. The number of ether oxygens (including phenoxy) is 2. The van der Waals surface area contributed by atoms with Gasteiger partial charge in [0.15, 0.2) is 0 Å². The molecular formula is C27H27F4N3O5S. The number of carbonyl (C=O) groups is 1. The Kier molecular flexibility index (Phi) is 8.15. The summed E-state index contributed by atoms with van der Waals surface area (Å²) in [5.74, 6) is -0.892. The van der Waals surface area contributed by atoms with E-state index in [0.717, 1.165) is 10.4 Å². The molecule has 13 heteroatoms. The Balaban J connectivity index is 1.53. The number of sulfonamides is 1. The predicted molar refractivity (Wildman–Crippen MR) is 141 cm³/mol. The zero-order valence-corrected chi connectivity index (χ0v) is 22.7. The molecule has 0 unspecified atom stereocenters. The van der Waals surface area contributed by atoms with Gasteiger partial charge in [-0.3, -0.25) is 9.10 Å². The molecule has 0 aliphatic carbocycles. The third-order valence-electron chi connectivity index (χ3n) is 6.62. The molecule has 40 heavy (non-hydrogen) atoms. The van der Waals surface area contributed by atoms with Crippen LogP contribution in [0, 0.1) is 5.82 Å². The Hall–Kier alpha value is -4.00. The SMILES string of the molecule is COc1ccc(N(C)S(=O)(=O)c2ccc(OC)c(N3CCN(C(=O)c4cc(F)cc(C(F)(F)F)c4)CC3)c2)cc1. The summed E-state index contributed by atoms with van der Waals surface area (Å²) in [7, 11) is 0.425. The number of anilines is 2. The van der Waals surface area contributed by atoms with Gasteiger partial charge in [-0.15, -0.1) is 0 Å². The second kappa shape index (κ2) is 11.2. The minimum atomic E-state index is -4.79. The molecule has 0 spiro atoms. The van der Waals surface area contributed by atoms with E-state index in [-0.39, 0.29) is 31.1 Å². The molecule has 3 aromatic rings. The summed E-state index contributed by atoms with van der Waals surface area (Å²) in [4.78, 5) is 16.1. The molecule has 0 radical (unpaired) electrons. The average molecular weight is 582 g/mol. The fourth-order valence-corrected chi connectivity index (χ4v) is 5.59. The highest BCUT2D eigenvalue weighted by Gasteiger charge is 2.33. The van der Waals surface area contributed by atoms with Crippen molar-refractivity contribution in [2.75, 3.05) is 56.7 Å². The Bertz CT molecular complexity index is 1490. The molecule has 0 saturated carbocycles. The van der Waals surface area contributed by atoms with Gasteiger partial charge in [0.1, 0.15) is 17.3 Å². The molecule has 4 rings (SSSR count). The summed E-state index contributed by atoms with van der Waals surface area (Å²) >= 11 is 0. The third kappa shape index (κ3) is 5.93. The maximum Gasteiger partial charge on any atom is 0.416 e. The molecule has 0 aromatic heterocycles. The number of piperazine rings is 1. The number of hydrogen-bond acceptors (Lipinski definition) is 6. The van der Waals surface area contributed by atoms with Gasteiger partial charge >= 0.3 is 6.18 Å².